The molecule has 0 fully saturated rings. The van der Waals surface area contributed by atoms with Crippen molar-refractivity contribution in [3.8, 4) is 0 Å². The maximum Gasteiger partial charge on any atom is 0.252 e. The van der Waals surface area contributed by atoms with Crippen LogP contribution in [0.2, 0.25) is 0 Å². The van der Waals surface area contributed by atoms with Crippen LogP contribution in [-0.2, 0) is 0 Å². The molecule has 1 aromatic heterocycles. The third-order valence-corrected chi connectivity index (χ3v) is 3.26. The van der Waals surface area contributed by atoms with Crippen molar-refractivity contribution >= 4 is 5.82 Å². The van der Waals surface area contributed by atoms with E-state index in [0.29, 0.717) is 17.6 Å². The number of hydrogen-bond acceptors (Lipinski definition) is 3. The first-order valence-corrected chi connectivity index (χ1v) is 6.96. The third kappa shape index (κ3) is 3.70. The first kappa shape index (κ1) is 14.3. The highest BCUT2D eigenvalue weighted by atomic mass is 16.1. The number of nitrogens with zero attached hydrogens (tertiary/aromatic N) is 1. The summed E-state index contributed by atoms with van der Waals surface area (Å²) < 4.78 is 0. The van der Waals surface area contributed by atoms with Gasteiger partial charge >= 0.3 is 0 Å². The topological polar surface area (TPSA) is 57.8 Å². The first-order chi connectivity index (χ1) is 9.56. The maximum atomic E-state index is 11.6. The van der Waals surface area contributed by atoms with Crippen LogP contribution in [0.25, 0.3) is 0 Å². The van der Waals surface area contributed by atoms with Crippen LogP contribution < -0.4 is 10.9 Å². The molecular formula is C16H21N3O. The Morgan fingerprint density at radius 2 is 1.90 bits per heavy atom. The van der Waals surface area contributed by atoms with Crippen LogP contribution in [0.1, 0.15) is 44.0 Å². The largest absolute Gasteiger partial charge is 0.369 e. The smallest absolute Gasteiger partial charge is 0.252 e. The lowest BCUT2D eigenvalue weighted by atomic mass is 10.0. The number of hydrogen-bond donors (Lipinski definition) is 2. The normalized spacial score (nSPS) is 12.4. The number of H-pyrrole nitrogens is 1. The van der Waals surface area contributed by atoms with E-state index in [1.807, 2.05) is 32.0 Å². The van der Waals surface area contributed by atoms with Gasteiger partial charge in [0, 0.05) is 18.5 Å². The van der Waals surface area contributed by atoms with E-state index in [1.165, 1.54) is 11.6 Å². The lowest BCUT2D eigenvalue weighted by Crippen LogP contribution is -2.17. The first-order valence-electron chi connectivity index (χ1n) is 6.96. The minimum atomic E-state index is -0.112. The van der Waals surface area contributed by atoms with Crippen LogP contribution >= 0.6 is 0 Å². The van der Waals surface area contributed by atoms with Crippen LogP contribution in [0.4, 0.5) is 5.82 Å². The minimum Gasteiger partial charge on any atom is -0.369 e. The maximum absolute atomic E-state index is 11.6. The van der Waals surface area contributed by atoms with Gasteiger partial charge in [0.05, 0.1) is 0 Å². The van der Waals surface area contributed by atoms with E-state index < -0.39 is 0 Å². The molecule has 0 saturated heterocycles. The second kappa shape index (κ2) is 6.37. The fourth-order valence-electron chi connectivity index (χ4n) is 2.00. The summed E-state index contributed by atoms with van der Waals surface area (Å²) >= 11 is 0. The molecule has 1 atom stereocenters. The molecule has 1 aromatic carbocycles. The van der Waals surface area contributed by atoms with Gasteiger partial charge in [0.1, 0.15) is 11.6 Å². The molecule has 106 valence electrons. The van der Waals surface area contributed by atoms with E-state index >= 15 is 0 Å². The van der Waals surface area contributed by atoms with Gasteiger partial charge < -0.3 is 10.3 Å². The Hall–Kier alpha value is -2.10. The quantitative estimate of drug-likeness (QED) is 0.878. The molecule has 0 amide bonds. The summed E-state index contributed by atoms with van der Waals surface area (Å²) in [5.41, 5.74) is 1.16. The van der Waals surface area contributed by atoms with Crippen molar-refractivity contribution in [3.63, 3.8) is 0 Å². The van der Waals surface area contributed by atoms with Gasteiger partial charge in [0.25, 0.3) is 5.56 Å². The molecule has 0 bridgehead atoms. The number of anilines is 1. The minimum absolute atomic E-state index is 0.112. The Morgan fingerprint density at radius 1 is 1.20 bits per heavy atom. The Balaban J connectivity index is 2.06. The number of benzene rings is 1. The van der Waals surface area contributed by atoms with Crippen molar-refractivity contribution in [2.45, 2.75) is 32.6 Å². The zero-order valence-electron chi connectivity index (χ0n) is 12.2. The van der Waals surface area contributed by atoms with Crippen molar-refractivity contribution in [1.82, 2.24) is 9.97 Å². The van der Waals surface area contributed by atoms with Crippen LogP contribution in [0, 0.1) is 0 Å². The van der Waals surface area contributed by atoms with Gasteiger partial charge in [-0.3, -0.25) is 4.79 Å². The molecule has 20 heavy (non-hydrogen) atoms. The lowest BCUT2D eigenvalue weighted by Gasteiger charge is -2.14. The summed E-state index contributed by atoms with van der Waals surface area (Å²) in [5, 5.41) is 3.25. The number of rotatable bonds is 5. The Morgan fingerprint density at radius 3 is 2.55 bits per heavy atom. The van der Waals surface area contributed by atoms with E-state index in [2.05, 4.69) is 34.3 Å². The van der Waals surface area contributed by atoms with Crippen LogP contribution in [0.5, 0.6) is 0 Å². The van der Waals surface area contributed by atoms with Gasteiger partial charge in [-0.05, 0) is 11.5 Å². The van der Waals surface area contributed by atoms with Crippen molar-refractivity contribution in [2.24, 2.45) is 0 Å². The predicted octanol–water partition coefficient (Wildman–Crippen LogP) is 3.11. The van der Waals surface area contributed by atoms with Crippen molar-refractivity contribution in [1.29, 1.82) is 0 Å². The summed E-state index contributed by atoms with van der Waals surface area (Å²) in [7, 11) is 0. The average Bonchev–Trinajstić information content (AvgIpc) is 2.45. The standard InChI is InChI=1S/C16H21N3O/c1-11(2)16-18-14(9-15(20)19-16)17-10-12(3)13-7-5-4-6-8-13/h4-9,11-12H,10H2,1-3H3,(H2,17,18,19,20). The van der Waals surface area contributed by atoms with Crippen molar-refractivity contribution < 1.29 is 0 Å². The number of aromatic nitrogens is 2. The molecule has 2 rings (SSSR count). The van der Waals surface area contributed by atoms with Crippen LogP contribution in [-0.4, -0.2) is 16.5 Å². The van der Waals surface area contributed by atoms with E-state index in [-0.39, 0.29) is 11.5 Å². The second-order valence-corrected chi connectivity index (χ2v) is 5.36. The van der Waals surface area contributed by atoms with Gasteiger partial charge in [-0.2, -0.15) is 0 Å². The molecule has 0 saturated carbocycles. The molecular weight excluding hydrogens is 250 g/mol. The van der Waals surface area contributed by atoms with Gasteiger partial charge in [0.15, 0.2) is 0 Å². The molecule has 2 aromatic rings. The number of aromatic amines is 1. The van der Waals surface area contributed by atoms with Gasteiger partial charge in [-0.15, -0.1) is 0 Å². The molecule has 1 heterocycles. The SMILES string of the molecule is CC(C)c1nc(NCC(C)c2ccccc2)cc(=O)[nH]1. The molecule has 0 aliphatic rings. The van der Waals surface area contributed by atoms with Crippen molar-refractivity contribution in [3.05, 3.63) is 58.1 Å². The Labute approximate surface area is 119 Å². The predicted molar refractivity (Wildman–Crippen MR) is 82.3 cm³/mol. The monoisotopic (exact) mass is 271 g/mol. The highest BCUT2D eigenvalue weighted by Crippen LogP contribution is 2.15. The van der Waals surface area contributed by atoms with E-state index in [4.69, 9.17) is 0 Å². The third-order valence-electron chi connectivity index (χ3n) is 3.26. The van der Waals surface area contributed by atoms with Crippen molar-refractivity contribution in [2.75, 3.05) is 11.9 Å². The van der Waals surface area contributed by atoms with Crippen LogP contribution in [0.15, 0.2) is 41.2 Å². The van der Waals surface area contributed by atoms with Gasteiger partial charge in [0.2, 0.25) is 0 Å². The zero-order chi connectivity index (χ0) is 14.5. The number of nitrogens with one attached hydrogen (secondary N) is 2. The summed E-state index contributed by atoms with van der Waals surface area (Å²) in [6.07, 6.45) is 0. The summed E-state index contributed by atoms with van der Waals surface area (Å²) in [4.78, 5) is 18.8. The van der Waals surface area contributed by atoms with E-state index in [0.717, 1.165) is 6.54 Å². The molecule has 4 nitrogen and oxygen atoms in total. The molecule has 1 unspecified atom stereocenters. The summed E-state index contributed by atoms with van der Waals surface area (Å²) in [6, 6.07) is 11.8. The summed E-state index contributed by atoms with van der Waals surface area (Å²) in [6.45, 7) is 6.92. The lowest BCUT2D eigenvalue weighted by molar-refractivity contribution is 0.758. The zero-order valence-corrected chi connectivity index (χ0v) is 12.2. The fraction of sp³-hybridized carbons (Fsp3) is 0.375. The molecule has 0 aliphatic heterocycles. The molecule has 0 spiro atoms. The van der Waals surface area contributed by atoms with E-state index in [1.54, 1.807) is 0 Å². The van der Waals surface area contributed by atoms with Gasteiger partial charge in [-0.25, -0.2) is 4.98 Å². The molecule has 0 radical (unpaired) electrons. The second-order valence-electron chi connectivity index (χ2n) is 5.36. The Bertz CT molecular complexity index is 605. The van der Waals surface area contributed by atoms with E-state index in [9.17, 15) is 4.79 Å². The summed E-state index contributed by atoms with van der Waals surface area (Å²) in [5.74, 6) is 1.92. The fourth-order valence-corrected chi connectivity index (χ4v) is 2.00. The Kier molecular flexibility index (Phi) is 4.56. The van der Waals surface area contributed by atoms with Gasteiger partial charge in [-0.1, -0.05) is 51.1 Å². The molecule has 4 heteroatoms. The van der Waals surface area contributed by atoms with Crippen LogP contribution in [0.3, 0.4) is 0 Å². The average molecular weight is 271 g/mol. The highest BCUT2D eigenvalue weighted by Gasteiger charge is 2.08. The highest BCUT2D eigenvalue weighted by molar-refractivity contribution is 5.34. The molecule has 2 N–H and O–H groups in total. The molecule has 0 aliphatic carbocycles.